The van der Waals surface area contributed by atoms with Crippen molar-refractivity contribution in [1.82, 2.24) is 15.4 Å². The van der Waals surface area contributed by atoms with Crippen LogP contribution in [0.1, 0.15) is 12.2 Å². The molecule has 11 heteroatoms. The van der Waals surface area contributed by atoms with Crippen LogP contribution in [0.5, 0.6) is 0 Å². The van der Waals surface area contributed by atoms with E-state index in [-0.39, 0.29) is 10.7 Å². The van der Waals surface area contributed by atoms with Gasteiger partial charge < -0.3 is 20.1 Å². The third-order valence-electron chi connectivity index (χ3n) is 3.56. The van der Waals surface area contributed by atoms with Gasteiger partial charge >= 0.3 is 11.8 Å². The van der Waals surface area contributed by atoms with Crippen LogP contribution in [0.2, 0.25) is 0 Å². The second kappa shape index (κ2) is 9.33. The Bertz CT molecular complexity index is 922. The van der Waals surface area contributed by atoms with Gasteiger partial charge in [-0.3, -0.25) is 14.3 Å². The van der Waals surface area contributed by atoms with E-state index in [4.69, 9.17) is 4.52 Å². The van der Waals surface area contributed by atoms with Crippen molar-refractivity contribution in [3.05, 3.63) is 36.1 Å². The second-order valence-electron chi connectivity index (χ2n) is 6.32. The van der Waals surface area contributed by atoms with E-state index in [9.17, 15) is 18.0 Å². The minimum atomic E-state index is -3.85. The third kappa shape index (κ3) is 6.35. The third-order valence-corrected chi connectivity index (χ3v) is 4.93. The van der Waals surface area contributed by atoms with E-state index in [1.807, 2.05) is 19.0 Å². The molecule has 0 fully saturated rings. The number of carbonyl (C=O) groups is 2. The zero-order chi connectivity index (χ0) is 20.7. The number of aryl methyl sites for hydroxylation is 1. The summed E-state index contributed by atoms with van der Waals surface area (Å²) in [5.74, 6) is -1.04. The molecule has 2 aromatic rings. The molecule has 0 spiro atoms. The van der Waals surface area contributed by atoms with Crippen molar-refractivity contribution in [2.75, 3.05) is 37.2 Å². The summed E-state index contributed by atoms with van der Waals surface area (Å²) in [6.07, 6.45) is 0.719. The molecule has 0 saturated carbocycles. The van der Waals surface area contributed by atoms with Crippen molar-refractivity contribution >= 4 is 33.3 Å². The van der Waals surface area contributed by atoms with Crippen LogP contribution in [0.3, 0.4) is 0 Å². The number of hydrogen-bond donors (Lipinski definition) is 3. The Morgan fingerprint density at radius 1 is 1.14 bits per heavy atom. The first kappa shape index (κ1) is 21.4. The number of rotatable bonds is 8. The van der Waals surface area contributed by atoms with Crippen molar-refractivity contribution in [1.29, 1.82) is 0 Å². The summed E-state index contributed by atoms with van der Waals surface area (Å²) in [4.78, 5) is 25.6. The van der Waals surface area contributed by atoms with Crippen molar-refractivity contribution in [3.63, 3.8) is 0 Å². The van der Waals surface area contributed by atoms with Crippen molar-refractivity contribution in [2.45, 2.75) is 18.2 Å². The van der Waals surface area contributed by atoms with E-state index in [2.05, 4.69) is 20.5 Å². The topological polar surface area (TPSA) is 134 Å². The Balaban J connectivity index is 1.91. The highest BCUT2D eigenvalue weighted by molar-refractivity contribution is 7.92. The van der Waals surface area contributed by atoms with Gasteiger partial charge in [-0.1, -0.05) is 5.16 Å². The van der Waals surface area contributed by atoms with E-state index in [0.717, 1.165) is 13.0 Å². The quantitative estimate of drug-likeness (QED) is 0.433. The maximum absolute atomic E-state index is 12.3. The lowest BCUT2D eigenvalue weighted by atomic mass is 10.3. The number of aromatic nitrogens is 1. The lowest BCUT2D eigenvalue weighted by molar-refractivity contribution is -0.136. The fourth-order valence-electron chi connectivity index (χ4n) is 2.19. The van der Waals surface area contributed by atoms with E-state index < -0.39 is 21.8 Å². The Kier molecular flexibility index (Phi) is 7.12. The van der Waals surface area contributed by atoms with Gasteiger partial charge in [-0.05, 0) is 58.3 Å². The summed E-state index contributed by atoms with van der Waals surface area (Å²) >= 11 is 0. The van der Waals surface area contributed by atoms with Gasteiger partial charge in [-0.15, -0.1) is 0 Å². The Hall–Kier alpha value is -2.92. The zero-order valence-electron chi connectivity index (χ0n) is 15.9. The predicted octanol–water partition coefficient (Wildman–Crippen LogP) is 0.790. The molecule has 0 aliphatic carbocycles. The van der Waals surface area contributed by atoms with Crippen LogP contribution in [0.25, 0.3) is 0 Å². The summed E-state index contributed by atoms with van der Waals surface area (Å²) in [6, 6.07) is 6.84. The number of anilines is 2. The number of sulfonamides is 1. The Morgan fingerprint density at radius 2 is 1.82 bits per heavy atom. The molecular weight excluding hydrogens is 386 g/mol. The van der Waals surface area contributed by atoms with E-state index in [0.29, 0.717) is 18.0 Å². The van der Waals surface area contributed by atoms with Crippen LogP contribution < -0.4 is 15.4 Å². The first-order chi connectivity index (χ1) is 13.2. The molecule has 0 unspecified atom stereocenters. The summed E-state index contributed by atoms with van der Waals surface area (Å²) in [6.45, 7) is 2.81. The number of hydrogen-bond acceptors (Lipinski definition) is 7. The minimum Gasteiger partial charge on any atom is -0.360 e. The molecule has 0 saturated heterocycles. The molecule has 10 nitrogen and oxygen atoms in total. The van der Waals surface area contributed by atoms with E-state index >= 15 is 0 Å². The highest BCUT2D eigenvalue weighted by atomic mass is 32.2. The summed E-state index contributed by atoms with van der Waals surface area (Å²) < 4.78 is 31.7. The molecule has 1 heterocycles. The molecule has 0 aliphatic heterocycles. The normalized spacial score (nSPS) is 11.3. The molecule has 0 radical (unpaired) electrons. The van der Waals surface area contributed by atoms with Gasteiger partial charge in [0.2, 0.25) is 0 Å². The van der Waals surface area contributed by atoms with Gasteiger partial charge in [0.25, 0.3) is 10.0 Å². The second-order valence-corrected chi connectivity index (χ2v) is 8.00. The van der Waals surface area contributed by atoms with Crippen LogP contribution in [0.4, 0.5) is 11.5 Å². The summed E-state index contributed by atoms with van der Waals surface area (Å²) in [5.41, 5.74) is 0.296. The fourth-order valence-corrected chi connectivity index (χ4v) is 3.18. The lowest BCUT2D eigenvalue weighted by Gasteiger charge is -2.10. The van der Waals surface area contributed by atoms with E-state index in [1.165, 1.54) is 30.3 Å². The molecule has 0 atom stereocenters. The molecule has 152 valence electrons. The van der Waals surface area contributed by atoms with Gasteiger partial charge in [-0.2, -0.15) is 0 Å². The SMILES string of the molecule is Cc1cc(NS(=O)(=O)c2ccc(NC(=O)C(=O)NCCCN(C)C)cc2)no1. The molecule has 2 rings (SSSR count). The Labute approximate surface area is 163 Å². The minimum absolute atomic E-state index is 0.0284. The monoisotopic (exact) mass is 409 g/mol. The molecule has 28 heavy (non-hydrogen) atoms. The van der Waals surface area contributed by atoms with Crippen LogP contribution in [0, 0.1) is 6.92 Å². The van der Waals surface area contributed by atoms with E-state index in [1.54, 1.807) is 6.92 Å². The highest BCUT2D eigenvalue weighted by Gasteiger charge is 2.17. The molecule has 3 N–H and O–H groups in total. The average Bonchev–Trinajstić information content (AvgIpc) is 3.02. The zero-order valence-corrected chi connectivity index (χ0v) is 16.7. The molecule has 0 aliphatic rings. The molecule has 2 amide bonds. The van der Waals surface area contributed by atoms with Gasteiger partial charge in [0, 0.05) is 18.3 Å². The number of carbonyl (C=O) groups excluding carboxylic acids is 2. The van der Waals surface area contributed by atoms with Crippen molar-refractivity contribution in [2.24, 2.45) is 0 Å². The van der Waals surface area contributed by atoms with Crippen LogP contribution in [-0.2, 0) is 19.6 Å². The maximum Gasteiger partial charge on any atom is 0.313 e. The predicted molar refractivity (Wildman–Crippen MR) is 103 cm³/mol. The van der Waals surface area contributed by atoms with Crippen molar-refractivity contribution in [3.8, 4) is 0 Å². The van der Waals surface area contributed by atoms with Gasteiger partial charge in [0.15, 0.2) is 5.82 Å². The Morgan fingerprint density at radius 3 is 2.39 bits per heavy atom. The molecule has 0 bridgehead atoms. The molecule has 1 aromatic carbocycles. The van der Waals surface area contributed by atoms with Gasteiger partial charge in [0.1, 0.15) is 5.76 Å². The largest absolute Gasteiger partial charge is 0.360 e. The molecule has 1 aromatic heterocycles. The fraction of sp³-hybridized carbons (Fsp3) is 0.353. The van der Waals surface area contributed by atoms with Gasteiger partial charge in [-0.25, -0.2) is 8.42 Å². The van der Waals surface area contributed by atoms with Crippen LogP contribution in [0.15, 0.2) is 39.8 Å². The number of nitrogens with zero attached hydrogens (tertiary/aromatic N) is 2. The number of nitrogens with one attached hydrogen (secondary N) is 3. The van der Waals surface area contributed by atoms with Crippen LogP contribution >= 0.6 is 0 Å². The number of benzene rings is 1. The highest BCUT2D eigenvalue weighted by Crippen LogP contribution is 2.18. The standard InChI is InChI=1S/C17H23N5O5S/c1-12-11-15(20-27-12)21-28(25,26)14-7-5-13(6-8-14)19-17(24)16(23)18-9-4-10-22(2)3/h5-8,11H,4,9-10H2,1-3H3,(H,18,23)(H,19,24)(H,20,21). The first-order valence-corrected chi connectivity index (χ1v) is 9.96. The first-order valence-electron chi connectivity index (χ1n) is 8.47. The average molecular weight is 409 g/mol. The summed E-state index contributed by atoms with van der Waals surface area (Å²) in [7, 11) is -0.0174. The number of amides is 2. The van der Waals surface area contributed by atoms with Crippen LogP contribution in [-0.4, -0.2) is 57.5 Å². The van der Waals surface area contributed by atoms with Crippen molar-refractivity contribution < 1.29 is 22.5 Å². The smallest absolute Gasteiger partial charge is 0.313 e. The maximum atomic E-state index is 12.3. The summed E-state index contributed by atoms with van der Waals surface area (Å²) in [5, 5.41) is 8.52. The lowest BCUT2D eigenvalue weighted by Crippen LogP contribution is -2.36. The molecular formula is C17H23N5O5S. The van der Waals surface area contributed by atoms with Gasteiger partial charge in [0.05, 0.1) is 4.90 Å².